The summed E-state index contributed by atoms with van der Waals surface area (Å²) in [5, 5.41) is 30.8. The molecule has 0 aromatic rings. The number of unbranched alkanes of at least 4 members (excludes halogenated alkanes) is 1. The summed E-state index contributed by atoms with van der Waals surface area (Å²) in [6.07, 6.45) is 9.52. The van der Waals surface area contributed by atoms with Crippen LogP contribution in [0.25, 0.3) is 0 Å². The van der Waals surface area contributed by atoms with Gasteiger partial charge in [0.05, 0.1) is 17.8 Å². The molecule has 3 aliphatic rings. The standard InChI is InChI=1S/C25H36N4O5S/c1-15(11-21(31)32)9-10-25(34)16(2)12-17(13-24(25,3)4)28-29-20(30)8-6-5-7-19-22-18(14-35-19)26-23(33)27-22/h9-12,18-19,22,34H,5-8,13-14H2,1-4H3,(H,29,30)(H,31,32)(H2,26,27,33)/b10-9+,15-11-,28-17-/t18?,19?,22?,25-/m1/s1. The molecule has 0 aromatic carbocycles. The number of carbonyl (C=O) groups is 3. The molecule has 2 aliphatic heterocycles. The van der Waals surface area contributed by atoms with Gasteiger partial charge in [-0.2, -0.15) is 16.9 Å². The number of hydrogen-bond donors (Lipinski definition) is 5. The predicted molar refractivity (Wildman–Crippen MR) is 137 cm³/mol. The molecule has 1 aliphatic carbocycles. The number of aliphatic hydroxyl groups is 1. The van der Waals surface area contributed by atoms with E-state index in [4.69, 9.17) is 5.11 Å². The lowest BCUT2D eigenvalue weighted by Gasteiger charge is -2.44. The van der Waals surface area contributed by atoms with Crippen LogP contribution in [0.2, 0.25) is 0 Å². The zero-order valence-electron chi connectivity index (χ0n) is 20.8. The van der Waals surface area contributed by atoms with Crippen molar-refractivity contribution in [3.05, 3.63) is 35.5 Å². The fraction of sp³-hybridized carbons (Fsp3) is 0.600. The number of rotatable bonds is 9. The highest BCUT2D eigenvalue weighted by molar-refractivity contribution is 8.00. The fourth-order valence-electron chi connectivity index (χ4n) is 4.92. The molecule has 5 N–H and O–H groups in total. The van der Waals surface area contributed by atoms with Gasteiger partial charge in [0.2, 0.25) is 5.91 Å². The molecule has 2 heterocycles. The largest absolute Gasteiger partial charge is 0.478 e. The molecule has 3 rings (SSSR count). The van der Waals surface area contributed by atoms with E-state index in [0.29, 0.717) is 34.9 Å². The minimum absolute atomic E-state index is 0.0847. The number of carbonyl (C=O) groups excluding carboxylic acids is 2. The highest BCUT2D eigenvalue weighted by atomic mass is 32.2. The Hall–Kier alpha value is -2.59. The summed E-state index contributed by atoms with van der Waals surface area (Å²) in [7, 11) is 0. The second-order valence-electron chi connectivity index (χ2n) is 10.2. The van der Waals surface area contributed by atoms with Crippen molar-refractivity contribution < 1.29 is 24.6 Å². The van der Waals surface area contributed by atoms with E-state index in [1.165, 1.54) is 0 Å². The number of carboxylic acid groups (broad SMARTS) is 1. The van der Waals surface area contributed by atoms with E-state index in [-0.39, 0.29) is 24.0 Å². The Bertz CT molecular complexity index is 986. The number of amides is 3. The van der Waals surface area contributed by atoms with Crippen LogP contribution in [0.4, 0.5) is 4.79 Å². The minimum Gasteiger partial charge on any atom is -0.478 e. The Morgan fingerprint density at radius 2 is 2.06 bits per heavy atom. The van der Waals surface area contributed by atoms with Crippen LogP contribution in [0.3, 0.4) is 0 Å². The molecule has 3 unspecified atom stereocenters. The highest BCUT2D eigenvalue weighted by Crippen LogP contribution is 2.44. The van der Waals surface area contributed by atoms with Crippen molar-refractivity contribution in [1.82, 2.24) is 16.1 Å². The Balaban J connectivity index is 1.50. The van der Waals surface area contributed by atoms with Gasteiger partial charge in [0, 0.05) is 28.9 Å². The Morgan fingerprint density at radius 3 is 2.74 bits per heavy atom. The van der Waals surface area contributed by atoms with E-state index < -0.39 is 17.0 Å². The maximum atomic E-state index is 12.3. The SMILES string of the molecule is CC1=C/C(=N/NC(=O)CCCCC2SCC3NC(=O)NC32)CC(C)(C)[C@@]1(O)/C=C/C(C)=C\C(=O)O. The Morgan fingerprint density at radius 1 is 1.31 bits per heavy atom. The van der Waals surface area contributed by atoms with Gasteiger partial charge in [-0.3, -0.25) is 4.79 Å². The first-order chi connectivity index (χ1) is 16.4. The molecule has 0 aromatic heterocycles. The third kappa shape index (κ3) is 6.55. The average molecular weight is 505 g/mol. The summed E-state index contributed by atoms with van der Waals surface area (Å²) in [6.45, 7) is 7.29. The van der Waals surface area contributed by atoms with Gasteiger partial charge in [-0.1, -0.05) is 26.3 Å². The highest BCUT2D eigenvalue weighted by Gasteiger charge is 2.46. The molecule has 4 atom stereocenters. The van der Waals surface area contributed by atoms with Gasteiger partial charge in [-0.15, -0.1) is 0 Å². The van der Waals surface area contributed by atoms with Crippen LogP contribution in [-0.4, -0.2) is 62.5 Å². The van der Waals surface area contributed by atoms with Crippen molar-refractivity contribution in [2.45, 2.75) is 82.7 Å². The molecule has 0 saturated carbocycles. The van der Waals surface area contributed by atoms with E-state index in [1.54, 1.807) is 32.1 Å². The van der Waals surface area contributed by atoms with Gasteiger partial charge < -0.3 is 20.8 Å². The molecule has 0 bridgehead atoms. The van der Waals surface area contributed by atoms with Crippen LogP contribution in [0.15, 0.2) is 40.6 Å². The summed E-state index contributed by atoms with van der Waals surface area (Å²) in [6, 6.07) is 0.313. The monoisotopic (exact) mass is 504 g/mol. The molecule has 3 amide bonds. The summed E-state index contributed by atoms with van der Waals surface area (Å²) in [5.74, 6) is -0.256. The van der Waals surface area contributed by atoms with Crippen LogP contribution in [-0.2, 0) is 9.59 Å². The molecular formula is C25H36N4O5S. The normalized spacial score (nSPS) is 31.2. The van der Waals surface area contributed by atoms with Crippen LogP contribution in [0.5, 0.6) is 0 Å². The van der Waals surface area contributed by atoms with Crippen LogP contribution < -0.4 is 16.1 Å². The Labute approximate surface area is 210 Å². The van der Waals surface area contributed by atoms with Gasteiger partial charge in [0.25, 0.3) is 0 Å². The number of nitrogens with zero attached hydrogens (tertiary/aromatic N) is 1. The summed E-state index contributed by atoms with van der Waals surface area (Å²) >= 11 is 1.87. The average Bonchev–Trinajstić information content (AvgIpc) is 3.30. The number of hydrogen-bond acceptors (Lipinski definition) is 6. The first-order valence-electron chi connectivity index (χ1n) is 12.0. The summed E-state index contributed by atoms with van der Waals surface area (Å²) in [5.41, 5.74) is 2.63. The number of nitrogens with one attached hydrogen (secondary N) is 3. The lowest BCUT2D eigenvalue weighted by Crippen LogP contribution is -2.48. The molecule has 0 radical (unpaired) electrons. The van der Waals surface area contributed by atoms with Crippen molar-refractivity contribution in [2.75, 3.05) is 5.75 Å². The van der Waals surface area contributed by atoms with Gasteiger partial charge in [-0.25, -0.2) is 15.0 Å². The molecular weight excluding hydrogens is 468 g/mol. The van der Waals surface area contributed by atoms with Gasteiger partial charge in [0.15, 0.2) is 0 Å². The maximum Gasteiger partial charge on any atom is 0.328 e. The molecule has 0 spiro atoms. The minimum atomic E-state index is -1.27. The first-order valence-corrected chi connectivity index (χ1v) is 13.0. The van der Waals surface area contributed by atoms with E-state index in [1.807, 2.05) is 25.6 Å². The van der Waals surface area contributed by atoms with Crippen LogP contribution in [0.1, 0.15) is 59.8 Å². The zero-order chi connectivity index (χ0) is 25.8. The molecule has 35 heavy (non-hydrogen) atoms. The van der Waals surface area contributed by atoms with E-state index in [2.05, 4.69) is 21.2 Å². The molecule has 9 nitrogen and oxygen atoms in total. The fourth-order valence-corrected chi connectivity index (χ4v) is 6.46. The quantitative estimate of drug-likeness (QED) is 0.108. The van der Waals surface area contributed by atoms with E-state index in [9.17, 15) is 19.5 Å². The molecule has 2 saturated heterocycles. The molecule has 10 heteroatoms. The number of carboxylic acids is 1. The van der Waals surface area contributed by atoms with Crippen molar-refractivity contribution >= 4 is 35.4 Å². The van der Waals surface area contributed by atoms with Gasteiger partial charge in [-0.05, 0) is 56.4 Å². The van der Waals surface area contributed by atoms with Crippen molar-refractivity contribution in [1.29, 1.82) is 0 Å². The molecule has 192 valence electrons. The maximum absolute atomic E-state index is 12.3. The number of aliphatic carboxylic acids is 1. The first kappa shape index (κ1) is 27.0. The lowest BCUT2D eigenvalue weighted by molar-refractivity contribution is -0.131. The second kappa shape index (κ2) is 11.0. The molecule has 2 fully saturated rings. The van der Waals surface area contributed by atoms with E-state index in [0.717, 1.165) is 31.1 Å². The topological polar surface area (TPSA) is 140 Å². The third-order valence-electron chi connectivity index (χ3n) is 6.98. The Kier molecular flexibility index (Phi) is 8.48. The number of allylic oxidation sites excluding steroid dienone is 3. The van der Waals surface area contributed by atoms with Crippen LogP contribution >= 0.6 is 11.8 Å². The summed E-state index contributed by atoms with van der Waals surface area (Å²) in [4.78, 5) is 34.6. The number of urea groups is 1. The second-order valence-corrected chi connectivity index (χ2v) is 11.5. The van der Waals surface area contributed by atoms with E-state index >= 15 is 0 Å². The van der Waals surface area contributed by atoms with Gasteiger partial charge in [0.1, 0.15) is 5.60 Å². The van der Waals surface area contributed by atoms with Crippen LogP contribution in [0, 0.1) is 5.41 Å². The predicted octanol–water partition coefficient (Wildman–Crippen LogP) is 2.88. The van der Waals surface area contributed by atoms with Crippen molar-refractivity contribution in [3.63, 3.8) is 0 Å². The smallest absolute Gasteiger partial charge is 0.328 e. The number of hydrazone groups is 1. The lowest BCUT2D eigenvalue weighted by atomic mass is 9.64. The van der Waals surface area contributed by atoms with Gasteiger partial charge >= 0.3 is 12.0 Å². The van der Waals surface area contributed by atoms with Crippen molar-refractivity contribution in [2.24, 2.45) is 10.5 Å². The summed E-state index contributed by atoms with van der Waals surface area (Å²) < 4.78 is 0. The third-order valence-corrected chi connectivity index (χ3v) is 8.49. The zero-order valence-corrected chi connectivity index (χ0v) is 21.6. The number of thioether (sulfide) groups is 1. The number of fused-ring (bicyclic) bond motifs is 1. The van der Waals surface area contributed by atoms with Crippen molar-refractivity contribution in [3.8, 4) is 0 Å².